The fourth-order valence-electron chi connectivity index (χ4n) is 2.89. The molecule has 0 aliphatic heterocycles. The van der Waals surface area contributed by atoms with E-state index in [1.54, 1.807) is 19.2 Å². The highest BCUT2D eigenvalue weighted by atomic mass is 19.1. The molecule has 0 saturated carbocycles. The van der Waals surface area contributed by atoms with Crippen LogP contribution in [0, 0.1) is 5.82 Å². The number of rotatable bonds is 4. The van der Waals surface area contributed by atoms with Crippen LogP contribution in [0.5, 0.6) is 5.75 Å². The Kier molecular flexibility index (Phi) is 4.08. The monoisotopic (exact) mass is 363 g/mol. The van der Waals surface area contributed by atoms with Crippen LogP contribution in [0.1, 0.15) is 10.4 Å². The van der Waals surface area contributed by atoms with E-state index < -0.39 is 11.8 Å². The van der Waals surface area contributed by atoms with E-state index in [2.05, 4.69) is 4.98 Å². The van der Waals surface area contributed by atoms with Crippen LogP contribution in [0.25, 0.3) is 33.7 Å². The lowest BCUT2D eigenvalue weighted by Crippen LogP contribution is -2.00. The molecular formula is C21H14FNO4. The van der Waals surface area contributed by atoms with Crippen molar-refractivity contribution in [2.24, 2.45) is 0 Å². The molecule has 6 heteroatoms. The summed E-state index contributed by atoms with van der Waals surface area (Å²) in [6.45, 7) is 0. The van der Waals surface area contributed by atoms with Gasteiger partial charge in [-0.1, -0.05) is 0 Å². The van der Waals surface area contributed by atoms with Crippen molar-refractivity contribution in [3.63, 3.8) is 0 Å². The molecule has 134 valence electrons. The third kappa shape index (κ3) is 3.13. The van der Waals surface area contributed by atoms with Crippen LogP contribution in [0.4, 0.5) is 4.39 Å². The van der Waals surface area contributed by atoms with E-state index >= 15 is 0 Å². The minimum Gasteiger partial charge on any atom is -0.497 e. The van der Waals surface area contributed by atoms with Crippen LogP contribution in [0.3, 0.4) is 0 Å². The first-order valence-electron chi connectivity index (χ1n) is 8.13. The molecule has 2 aromatic heterocycles. The summed E-state index contributed by atoms with van der Waals surface area (Å²) in [4.78, 5) is 16.0. The third-order valence-electron chi connectivity index (χ3n) is 4.23. The first kappa shape index (κ1) is 16.8. The van der Waals surface area contributed by atoms with Gasteiger partial charge in [-0.05, 0) is 60.7 Å². The van der Waals surface area contributed by atoms with E-state index in [0.29, 0.717) is 22.7 Å². The largest absolute Gasteiger partial charge is 0.497 e. The number of fused-ring (bicyclic) bond motifs is 1. The standard InChI is InChI=1S/C21H14FNO4/c1-26-14-5-2-12(3-6-14)19-8-9-20(27-19)18-11-16(21(24)25)15-10-13(22)4-7-17(15)23-18/h2-11H,1H3,(H,24,25). The minimum absolute atomic E-state index is 0.0307. The van der Waals surface area contributed by atoms with Gasteiger partial charge in [0, 0.05) is 10.9 Å². The molecule has 0 aliphatic carbocycles. The fourth-order valence-corrected chi connectivity index (χ4v) is 2.89. The van der Waals surface area contributed by atoms with Crippen molar-refractivity contribution in [3.8, 4) is 28.5 Å². The molecule has 0 amide bonds. The molecule has 0 fully saturated rings. The molecule has 1 N–H and O–H groups in total. The number of aromatic carboxylic acids is 1. The number of hydrogen-bond donors (Lipinski definition) is 1. The Bertz CT molecular complexity index is 1150. The van der Waals surface area contributed by atoms with Crippen molar-refractivity contribution >= 4 is 16.9 Å². The maximum absolute atomic E-state index is 13.5. The topological polar surface area (TPSA) is 72.6 Å². The molecule has 27 heavy (non-hydrogen) atoms. The quantitative estimate of drug-likeness (QED) is 0.552. The van der Waals surface area contributed by atoms with Crippen molar-refractivity contribution in [2.75, 3.05) is 7.11 Å². The number of carboxylic acids is 1. The number of hydrogen-bond acceptors (Lipinski definition) is 4. The number of ether oxygens (including phenoxy) is 1. The zero-order valence-electron chi connectivity index (χ0n) is 14.3. The van der Waals surface area contributed by atoms with Crippen LogP contribution < -0.4 is 4.74 Å². The zero-order valence-corrected chi connectivity index (χ0v) is 14.3. The molecule has 4 aromatic rings. The lowest BCUT2D eigenvalue weighted by molar-refractivity contribution is 0.0699. The summed E-state index contributed by atoms with van der Waals surface area (Å²) in [6, 6.07) is 16.1. The number of nitrogens with zero attached hydrogens (tertiary/aromatic N) is 1. The van der Waals surface area contributed by atoms with E-state index in [9.17, 15) is 14.3 Å². The molecule has 0 saturated heterocycles. The van der Waals surface area contributed by atoms with Crippen LogP contribution in [0.15, 0.2) is 65.1 Å². The van der Waals surface area contributed by atoms with E-state index in [4.69, 9.17) is 9.15 Å². The lowest BCUT2D eigenvalue weighted by Gasteiger charge is -2.06. The predicted molar refractivity (Wildman–Crippen MR) is 98.4 cm³/mol. The predicted octanol–water partition coefficient (Wildman–Crippen LogP) is 5.01. The van der Waals surface area contributed by atoms with Gasteiger partial charge in [0.1, 0.15) is 23.0 Å². The first-order valence-corrected chi connectivity index (χ1v) is 8.13. The van der Waals surface area contributed by atoms with Gasteiger partial charge < -0.3 is 14.3 Å². The number of halogens is 1. The summed E-state index contributed by atoms with van der Waals surface area (Å²) >= 11 is 0. The summed E-state index contributed by atoms with van der Waals surface area (Å²) in [6.07, 6.45) is 0. The molecule has 0 atom stereocenters. The van der Waals surface area contributed by atoms with Crippen molar-refractivity contribution in [3.05, 3.63) is 72.0 Å². The summed E-state index contributed by atoms with van der Waals surface area (Å²) in [5, 5.41) is 9.73. The number of carbonyl (C=O) groups is 1. The van der Waals surface area contributed by atoms with Gasteiger partial charge in [-0.3, -0.25) is 0 Å². The van der Waals surface area contributed by atoms with E-state index in [0.717, 1.165) is 11.3 Å². The van der Waals surface area contributed by atoms with Gasteiger partial charge in [-0.2, -0.15) is 0 Å². The van der Waals surface area contributed by atoms with Crippen LogP contribution in [-0.2, 0) is 0 Å². The van der Waals surface area contributed by atoms with E-state index in [-0.39, 0.29) is 10.9 Å². The molecular weight excluding hydrogens is 349 g/mol. The second-order valence-corrected chi connectivity index (χ2v) is 5.91. The summed E-state index contributed by atoms with van der Waals surface area (Å²) in [5.41, 5.74) is 1.57. The maximum Gasteiger partial charge on any atom is 0.336 e. The van der Waals surface area contributed by atoms with Crippen molar-refractivity contribution in [2.45, 2.75) is 0 Å². The number of pyridine rings is 1. The zero-order chi connectivity index (χ0) is 19.0. The van der Waals surface area contributed by atoms with Crippen LogP contribution in [0.2, 0.25) is 0 Å². The molecule has 4 rings (SSSR count). The summed E-state index contributed by atoms with van der Waals surface area (Å²) < 4.78 is 24.5. The smallest absolute Gasteiger partial charge is 0.336 e. The Labute approximate surface area is 153 Å². The molecule has 0 bridgehead atoms. The SMILES string of the molecule is COc1ccc(-c2ccc(-c3cc(C(=O)O)c4cc(F)ccc4n3)o2)cc1. The third-order valence-corrected chi connectivity index (χ3v) is 4.23. The molecule has 0 aliphatic rings. The minimum atomic E-state index is -1.16. The fraction of sp³-hybridized carbons (Fsp3) is 0.0476. The molecule has 0 spiro atoms. The van der Waals surface area contributed by atoms with Crippen molar-refractivity contribution in [1.82, 2.24) is 4.98 Å². The molecule has 2 heterocycles. The Morgan fingerprint density at radius 3 is 2.48 bits per heavy atom. The van der Waals surface area contributed by atoms with E-state index in [1.807, 2.05) is 24.3 Å². The molecule has 5 nitrogen and oxygen atoms in total. The number of methoxy groups -OCH3 is 1. The van der Waals surface area contributed by atoms with Crippen LogP contribution >= 0.6 is 0 Å². The lowest BCUT2D eigenvalue weighted by atomic mass is 10.1. The Morgan fingerprint density at radius 2 is 1.78 bits per heavy atom. The highest BCUT2D eigenvalue weighted by Gasteiger charge is 2.16. The number of benzene rings is 2. The number of aromatic nitrogens is 1. The van der Waals surface area contributed by atoms with Gasteiger partial charge in [0.2, 0.25) is 0 Å². The Balaban J connectivity index is 1.79. The van der Waals surface area contributed by atoms with Gasteiger partial charge >= 0.3 is 5.97 Å². The van der Waals surface area contributed by atoms with Crippen molar-refractivity contribution in [1.29, 1.82) is 0 Å². The first-order chi connectivity index (χ1) is 13.0. The summed E-state index contributed by atoms with van der Waals surface area (Å²) in [5.74, 6) is 0.107. The Morgan fingerprint density at radius 1 is 1.04 bits per heavy atom. The normalized spacial score (nSPS) is 10.9. The highest BCUT2D eigenvalue weighted by molar-refractivity contribution is 6.03. The average molecular weight is 363 g/mol. The number of furan rings is 1. The van der Waals surface area contributed by atoms with Gasteiger partial charge in [0.25, 0.3) is 0 Å². The van der Waals surface area contributed by atoms with Gasteiger partial charge in [-0.15, -0.1) is 0 Å². The van der Waals surface area contributed by atoms with Crippen molar-refractivity contribution < 1.29 is 23.4 Å². The molecule has 0 unspecified atom stereocenters. The van der Waals surface area contributed by atoms with Crippen LogP contribution in [-0.4, -0.2) is 23.2 Å². The number of carboxylic acid groups (broad SMARTS) is 1. The second-order valence-electron chi connectivity index (χ2n) is 5.91. The van der Waals surface area contributed by atoms with Gasteiger partial charge in [-0.25, -0.2) is 14.2 Å². The molecule has 0 radical (unpaired) electrons. The second kappa shape index (κ2) is 6.57. The van der Waals surface area contributed by atoms with Gasteiger partial charge in [0.15, 0.2) is 5.76 Å². The molecule has 2 aromatic carbocycles. The van der Waals surface area contributed by atoms with E-state index in [1.165, 1.54) is 24.3 Å². The maximum atomic E-state index is 13.5. The Hall–Kier alpha value is -3.67. The van der Waals surface area contributed by atoms with Gasteiger partial charge in [0.05, 0.1) is 18.2 Å². The summed E-state index contributed by atoms with van der Waals surface area (Å²) in [7, 11) is 1.59. The average Bonchev–Trinajstić information content (AvgIpc) is 3.17. The highest BCUT2D eigenvalue weighted by Crippen LogP contribution is 2.31.